The first kappa shape index (κ1) is 20.0. The summed E-state index contributed by atoms with van der Waals surface area (Å²) in [6.07, 6.45) is 3.55. The highest BCUT2D eigenvalue weighted by molar-refractivity contribution is 8.00. The zero-order valence-electron chi connectivity index (χ0n) is 16.1. The van der Waals surface area contributed by atoms with Crippen molar-refractivity contribution in [1.29, 1.82) is 0 Å². The van der Waals surface area contributed by atoms with Gasteiger partial charge in [0, 0.05) is 18.8 Å². The van der Waals surface area contributed by atoms with Crippen LogP contribution in [0.4, 0.5) is 5.95 Å². The van der Waals surface area contributed by atoms with Gasteiger partial charge in [-0.1, -0.05) is 48.2 Å². The Morgan fingerprint density at radius 1 is 0.862 bits per heavy atom. The molecule has 29 heavy (non-hydrogen) atoms. The van der Waals surface area contributed by atoms with Gasteiger partial charge in [0.05, 0.1) is 16.3 Å². The summed E-state index contributed by atoms with van der Waals surface area (Å²) >= 11 is 1.43. The number of benzene rings is 2. The highest BCUT2D eigenvalue weighted by Crippen LogP contribution is 2.28. The second-order valence-corrected chi connectivity index (χ2v) is 10.2. The third-order valence-electron chi connectivity index (χ3n) is 4.96. The molecular weight excluding hydrogens is 404 g/mol. The Balaban J connectivity index is 1.55. The molecule has 1 saturated heterocycles. The molecule has 0 spiro atoms. The molecule has 1 aliphatic rings. The molecule has 0 bridgehead atoms. The first-order valence-corrected chi connectivity index (χ1v) is 12.5. The van der Waals surface area contributed by atoms with Crippen LogP contribution in [-0.2, 0) is 9.84 Å². The SMILES string of the molecule is O=S(=O)(CCSc1nnc(N2CCCCC2)n1-c1ccccc1)c1ccccc1. The number of rotatable bonds is 7. The number of piperidine rings is 1. The molecule has 0 unspecified atom stereocenters. The first-order valence-electron chi connectivity index (χ1n) is 9.81. The van der Waals surface area contributed by atoms with E-state index in [9.17, 15) is 8.42 Å². The number of para-hydroxylation sites is 1. The maximum absolute atomic E-state index is 12.6. The van der Waals surface area contributed by atoms with Gasteiger partial charge in [0.2, 0.25) is 5.95 Å². The van der Waals surface area contributed by atoms with Crippen LogP contribution in [0.25, 0.3) is 5.69 Å². The summed E-state index contributed by atoms with van der Waals surface area (Å²) in [6.45, 7) is 1.94. The van der Waals surface area contributed by atoms with Gasteiger partial charge in [0.15, 0.2) is 15.0 Å². The molecule has 8 heteroatoms. The Morgan fingerprint density at radius 2 is 1.52 bits per heavy atom. The van der Waals surface area contributed by atoms with E-state index in [1.807, 2.05) is 41.0 Å². The van der Waals surface area contributed by atoms with Crippen LogP contribution in [0.2, 0.25) is 0 Å². The molecule has 0 atom stereocenters. The van der Waals surface area contributed by atoms with Crippen molar-refractivity contribution in [2.75, 3.05) is 29.5 Å². The number of anilines is 1. The second-order valence-electron chi connectivity index (χ2n) is 6.98. The van der Waals surface area contributed by atoms with Gasteiger partial charge >= 0.3 is 0 Å². The lowest BCUT2D eigenvalue weighted by Crippen LogP contribution is -2.31. The number of nitrogens with zero attached hydrogens (tertiary/aromatic N) is 4. The molecule has 1 aliphatic heterocycles. The third-order valence-corrected chi connectivity index (χ3v) is 7.88. The zero-order chi connectivity index (χ0) is 20.1. The summed E-state index contributed by atoms with van der Waals surface area (Å²) < 4.78 is 27.2. The van der Waals surface area contributed by atoms with Gasteiger partial charge in [-0.3, -0.25) is 4.57 Å². The Bertz CT molecular complexity index is 1030. The Hall–Kier alpha value is -2.32. The average Bonchev–Trinajstić information content (AvgIpc) is 3.19. The van der Waals surface area contributed by atoms with Gasteiger partial charge in [0.25, 0.3) is 0 Å². The Labute approximate surface area is 175 Å². The van der Waals surface area contributed by atoms with Crippen molar-refractivity contribution < 1.29 is 8.42 Å². The van der Waals surface area contributed by atoms with Crippen molar-refractivity contribution in [3.63, 3.8) is 0 Å². The topological polar surface area (TPSA) is 68.1 Å². The normalized spacial score (nSPS) is 14.8. The highest BCUT2D eigenvalue weighted by Gasteiger charge is 2.22. The largest absolute Gasteiger partial charge is 0.341 e. The quantitative estimate of drug-likeness (QED) is 0.533. The highest BCUT2D eigenvalue weighted by atomic mass is 32.2. The lowest BCUT2D eigenvalue weighted by atomic mass is 10.1. The predicted molar refractivity (Wildman–Crippen MR) is 117 cm³/mol. The van der Waals surface area contributed by atoms with Gasteiger partial charge in [-0.2, -0.15) is 0 Å². The van der Waals surface area contributed by atoms with E-state index in [4.69, 9.17) is 0 Å². The number of sulfone groups is 1. The summed E-state index contributed by atoms with van der Waals surface area (Å²) in [7, 11) is -3.31. The fourth-order valence-electron chi connectivity index (χ4n) is 3.45. The van der Waals surface area contributed by atoms with Crippen molar-refractivity contribution in [1.82, 2.24) is 14.8 Å². The van der Waals surface area contributed by atoms with E-state index in [0.717, 1.165) is 42.7 Å². The molecule has 0 radical (unpaired) electrons. The van der Waals surface area contributed by atoms with Gasteiger partial charge < -0.3 is 4.90 Å². The van der Waals surface area contributed by atoms with E-state index >= 15 is 0 Å². The second kappa shape index (κ2) is 9.00. The van der Waals surface area contributed by atoms with Crippen LogP contribution >= 0.6 is 11.8 Å². The minimum atomic E-state index is -3.31. The molecule has 1 fully saturated rings. The van der Waals surface area contributed by atoms with Crippen LogP contribution in [-0.4, -0.2) is 47.8 Å². The van der Waals surface area contributed by atoms with Gasteiger partial charge in [0.1, 0.15) is 0 Å². The zero-order valence-corrected chi connectivity index (χ0v) is 17.8. The minimum Gasteiger partial charge on any atom is -0.341 e. The molecule has 0 N–H and O–H groups in total. The fourth-order valence-corrected chi connectivity index (χ4v) is 6.06. The van der Waals surface area contributed by atoms with Crippen molar-refractivity contribution in [3.05, 3.63) is 60.7 Å². The molecular formula is C21H24N4O2S2. The van der Waals surface area contributed by atoms with Crippen LogP contribution in [0.3, 0.4) is 0 Å². The van der Waals surface area contributed by atoms with Gasteiger partial charge in [-0.25, -0.2) is 8.42 Å². The molecule has 3 aromatic rings. The lowest BCUT2D eigenvalue weighted by molar-refractivity contribution is 0.564. The van der Waals surface area contributed by atoms with E-state index in [0.29, 0.717) is 10.6 Å². The monoisotopic (exact) mass is 428 g/mol. The summed E-state index contributed by atoms with van der Waals surface area (Å²) in [4.78, 5) is 2.63. The minimum absolute atomic E-state index is 0.0579. The van der Waals surface area contributed by atoms with E-state index in [2.05, 4.69) is 15.1 Å². The van der Waals surface area contributed by atoms with E-state index < -0.39 is 9.84 Å². The summed E-state index contributed by atoms with van der Waals surface area (Å²) in [5.41, 5.74) is 0.992. The molecule has 6 nitrogen and oxygen atoms in total. The standard InChI is InChI=1S/C21H24N4O2S2/c26-29(27,19-12-6-2-7-13-19)17-16-28-21-23-22-20(24-14-8-3-9-15-24)25(21)18-10-4-1-5-11-18/h1-2,4-7,10-13H,3,8-9,14-17H2. The summed E-state index contributed by atoms with van der Waals surface area (Å²) in [5, 5.41) is 9.58. The van der Waals surface area contributed by atoms with Crippen molar-refractivity contribution >= 4 is 27.5 Å². The van der Waals surface area contributed by atoms with Crippen LogP contribution in [0.15, 0.2) is 70.7 Å². The van der Waals surface area contributed by atoms with Crippen LogP contribution in [0.5, 0.6) is 0 Å². The summed E-state index contributed by atoms with van der Waals surface area (Å²) in [6, 6.07) is 18.6. The van der Waals surface area contributed by atoms with Crippen LogP contribution in [0, 0.1) is 0 Å². The Morgan fingerprint density at radius 3 is 2.21 bits per heavy atom. The molecule has 0 saturated carbocycles. The van der Waals surface area contributed by atoms with Crippen LogP contribution < -0.4 is 4.90 Å². The van der Waals surface area contributed by atoms with E-state index in [1.165, 1.54) is 18.2 Å². The Kier molecular flexibility index (Phi) is 6.20. The summed E-state index contributed by atoms with van der Waals surface area (Å²) in [5.74, 6) is 1.31. The number of hydrogen-bond acceptors (Lipinski definition) is 6. The van der Waals surface area contributed by atoms with Crippen LogP contribution in [0.1, 0.15) is 19.3 Å². The smallest absolute Gasteiger partial charge is 0.232 e. The molecule has 2 aromatic carbocycles. The molecule has 0 amide bonds. The maximum Gasteiger partial charge on any atom is 0.232 e. The molecule has 2 heterocycles. The number of hydrogen-bond donors (Lipinski definition) is 0. The molecule has 152 valence electrons. The van der Waals surface area contributed by atoms with Crippen molar-refractivity contribution in [3.8, 4) is 5.69 Å². The average molecular weight is 429 g/mol. The third kappa shape index (κ3) is 4.64. The predicted octanol–water partition coefficient (Wildman–Crippen LogP) is 3.82. The molecule has 4 rings (SSSR count). The fraction of sp³-hybridized carbons (Fsp3) is 0.333. The number of thioether (sulfide) groups is 1. The van der Waals surface area contributed by atoms with E-state index in [-0.39, 0.29) is 5.75 Å². The van der Waals surface area contributed by atoms with Gasteiger partial charge in [-0.05, 0) is 43.5 Å². The maximum atomic E-state index is 12.6. The molecule has 1 aromatic heterocycles. The van der Waals surface area contributed by atoms with Gasteiger partial charge in [-0.15, -0.1) is 10.2 Å². The lowest BCUT2D eigenvalue weighted by Gasteiger charge is -2.27. The first-order chi connectivity index (χ1) is 14.1. The van der Waals surface area contributed by atoms with E-state index in [1.54, 1.807) is 24.3 Å². The molecule has 0 aliphatic carbocycles. The van der Waals surface area contributed by atoms with Crippen molar-refractivity contribution in [2.45, 2.75) is 29.3 Å². The van der Waals surface area contributed by atoms with Crippen molar-refractivity contribution in [2.24, 2.45) is 0 Å². The number of aromatic nitrogens is 3.